The molecule has 0 atom stereocenters. The van der Waals surface area contributed by atoms with E-state index in [4.69, 9.17) is 4.98 Å². The van der Waals surface area contributed by atoms with Gasteiger partial charge in [-0.3, -0.25) is 9.36 Å². The molecule has 0 aliphatic heterocycles. The molecule has 1 aliphatic rings. The highest BCUT2D eigenvalue weighted by Crippen LogP contribution is 2.28. The first kappa shape index (κ1) is 23.6. The highest BCUT2D eigenvalue weighted by atomic mass is 32.2. The number of amides is 1. The molecule has 6 heteroatoms. The number of rotatable bonds is 7. The van der Waals surface area contributed by atoms with Crippen LogP contribution in [0.3, 0.4) is 0 Å². The zero-order valence-corrected chi connectivity index (χ0v) is 21.1. The number of imidazole rings is 1. The van der Waals surface area contributed by atoms with E-state index in [0.717, 1.165) is 46.0 Å². The van der Waals surface area contributed by atoms with E-state index < -0.39 is 0 Å². The van der Waals surface area contributed by atoms with Gasteiger partial charge in [-0.2, -0.15) is 0 Å². The van der Waals surface area contributed by atoms with Crippen LogP contribution in [0.15, 0.2) is 72.0 Å². The van der Waals surface area contributed by atoms with Crippen LogP contribution in [0.2, 0.25) is 0 Å². The largest absolute Gasteiger partial charge is 0.349 e. The first-order valence-corrected chi connectivity index (χ1v) is 13.5. The maximum Gasteiger partial charge on any atom is 0.251 e. The summed E-state index contributed by atoms with van der Waals surface area (Å²) in [5.74, 6) is 0.892. The maximum absolute atomic E-state index is 12.8. The van der Waals surface area contributed by atoms with Gasteiger partial charge in [-0.05, 0) is 60.7 Å². The summed E-state index contributed by atoms with van der Waals surface area (Å²) < 4.78 is 2.18. The minimum absolute atomic E-state index is 0.0349. The molecule has 1 fully saturated rings. The summed E-state index contributed by atoms with van der Waals surface area (Å²) in [7, 11) is 0. The van der Waals surface area contributed by atoms with Crippen molar-refractivity contribution in [1.29, 1.82) is 0 Å². The summed E-state index contributed by atoms with van der Waals surface area (Å²) in [6.45, 7) is 2.81. The monoisotopic (exact) mass is 484 g/mol. The number of thioether (sulfide) groups is 1. The third-order valence-corrected chi connectivity index (χ3v) is 7.86. The van der Waals surface area contributed by atoms with Gasteiger partial charge >= 0.3 is 0 Å². The highest BCUT2D eigenvalue weighted by Gasteiger charge is 2.17. The van der Waals surface area contributed by atoms with E-state index >= 15 is 0 Å². The number of nitrogens with one attached hydrogen (secondary N) is 1. The smallest absolute Gasteiger partial charge is 0.251 e. The van der Waals surface area contributed by atoms with Crippen molar-refractivity contribution in [2.24, 2.45) is 0 Å². The molecule has 35 heavy (non-hydrogen) atoms. The Morgan fingerprint density at radius 3 is 2.54 bits per heavy atom. The standard InChI is InChI=1S/C29H32N4OS/c1-21-9-6-7-10-24(21)20-35-29-32-26-13-8-18-30-27(26)33(29)19-22-14-16-23(17-15-22)28(34)31-25-11-4-2-3-5-12-25/h6-10,13-18,25H,2-5,11-12,19-20H2,1H3,(H,31,34). The molecule has 1 saturated carbocycles. The third-order valence-electron chi connectivity index (χ3n) is 6.83. The van der Waals surface area contributed by atoms with Gasteiger partial charge in [0.1, 0.15) is 5.52 Å². The number of fused-ring (bicyclic) bond motifs is 1. The molecule has 5 rings (SSSR count). The van der Waals surface area contributed by atoms with Crippen LogP contribution in [0, 0.1) is 6.92 Å². The second kappa shape index (κ2) is 11.1. The van der Waals surface area contributed by atoms with Crippen molar-refractivity contribution in [2.45, 2.75) is 68.9 Å². The number of nitrogens with zero attached hydrogens (tertiary/aromatic N) is 3. The Hall–Kier alpha value is -3.12. The van der Waals surface area contributed by atoms with E-state index in [1.807, 2.05) is 42.6 Å². The molecule has 1 N–H and O–H groups in total. The van der Waals surface area contributed by atoms with E-state index in [1.165, 1.54) is 36.8 Å². The van der Waals surface area contributed by atoms with E-state index in [0.29, 0.717) is 12.6 Å². The number of pyridine rings is 1. The van der Waals surface area contributed by atoms with Crippen LogP contribution in [0.5, 0.6) is 0 Å². The lowest BCUT2D eigenvalue weighted by Crippen LogP contribution is -2.34. The van der Waals surface area contributed by atoms with Crippen LogP contribution < -0.4 is 5.32 Å². The van der Waals surface area contributed by atoms with Crippen molar-refractivity contribution in [3.05, 3.63) is 89.1 Å². The minimum Gasteiger partial charge on any atom is -0.349 e. The fourth-order valence-corrected chi connectivity index (χ4v) is 5.82. The number of hydrogen-bond acceptors (Lipinski definition) is 4. The van der Waals surface area contributed by atoms with Gasteiger partial charge in [0.15, 0.2) is 10.8 Å². The summed E-state index contributed by atoms with van der Waals surface area (Å²) >= 11 is 1.74. The van der Waals surface area contributed by atoms with Gasteiger partial charge in [0.25, 0.3) is 5.91 Å². The number of aryl methyl sites for hydroxylation is 1. The van der Waals surface area contributed by atoms with Crippen molar-refractivity contribution in [1.82, 2.24) is 19.9 Å². The molecule has 1 amide bonds. The van der Waals surface area contributed by atoms with Gasteiger partial charge in [-0.25, -0.2) is 9.97 Å². The minimum atomic E-state index is 0.0349. The molecule has 180 valence electrons. The molecule has 1 aliphatic carbocycles. The van der Waals surface area contributed by atoms with Crippen LogP contribution in [-0.2, 0) is 12.3 Å². The second-order valence-electron chi connectivity index (χ2n) is 9.40. The van der Waals surface area contributed by atoms with E-state index in [2.05, 4.69) is 46.1 Å². The lowest BCUT2D eigenvalue weighted by atomic mass is 10.1. The Labute approximate surface area is 211 Å². The van der Waals surface area contributed by atoms with Crippen LogP contribution in [0.1, 0.15) is 65.6 Å². The van der Waals surface area contributed by atoms with Crippen LogP contribution in [0.25, 0.3) is 11.2 Å². The van der Waals surface area contributed by atoms with E-state index in [-0.39, 0.29) is 5.91 Å². The number of aromatic nitrogens is 3. The van der Waals surface area contributed by atoms with Gasteiger partial charge in [-0.15, -0.1) is 0 Å². The average molecular weight is 485 g/mol. The molecule has 0 unspecified atom stereocenters. The third kappa shape index (κ3) is 5.76. The molecular formula is C29H32N4OS. The molecule has 0 saturated heterocycles. The van der Waals surface area contributed by atoms with Crippen molar-refractivity contribution >= 4 is 28.8 Å². The van der Waals surface area contributed by atoms with Crippen molar-refractivity contribution in [3.63, 3.8) is 0 Å². The fourth-order valence-electron chi connectivity index (χ4n) is 4.74. The van der Waals surface area contributed by atoms with E-state index in [1.54, 1.807) is 11.8 Å². The Morgan fingerprint density at radius 2 is 1.77 bits per heavy atom. The number of carbonyl (C=O) groups excluding carboxylic acids is 1. The zero-order valence-electron chi connectivity index (χ0n) is 20.2. The first-order valence-electron chi connectivity index (χ1n) is 12.6. The Kier molecular flexibility index (Phi) is 7.48. The van der Waals surface area contributed by atoms with Gasteiger partial charge < -0.3 is 5.32 Å². The van der Waals surface area contributed by atoms with Crippen molar-refractivity contribution in [2.75, 3.05) is 0 Å². The number of benzene rings is 2. The summed E-state index contributed by atoms with van der Waals surface area (Å²) in [5, 5.41) is 4.20. The molecular weight excluding hydrogens is 452 g/mol. The number of carbonyl (C=O) groups is 1. The summed E-state index contributed by atoms with van der Waals surface area (Å²) in [4.78, 5) is 22.3. The lowest BCUT2D eigenvalue weighted by Gasteiger charge is -2.16. The SMILES string of the molecule is Cc1ccccc1CSc1nc2cccnc2n1Cc1ccc(C(=O)NC2CCCCCC2)cc1. The Bertz CT molecular complexity index is 1290. The Morgan fingerprint density at radius 1 is 1.00 bits per heavy atom. The van der Waals surface area contributed by atoms with E-state index in [9.17, 15) is 4.79 Å². The average Bonchev–Trinajstić information content (AvgIpc) is 3.02. The molecule has 0 radical (unpaired) electrons. The summed E-state index contributed by atoms with van der Waals surface area (Å²) in [6.07, 6.45) is 8.98. The van der Waals surface area contributed by atoms with Gasteiger partial charge in [-0.1, -0.05) is 73.8 Å². The molecule has 0 bridgehead atoms. The molecule has 5 nitrogen and oxygen atoms in total. The lowest BCUT2D eigenvalue weighted by molar-refractivity contribution is 0.0933. The normalized spacial score (nSPS) is 14.7. The van der Waals surface area contributed by atoms with Crippen molar-refractivity contribution < 1.29 is 4.79 Å². The van der Waals surface area contributed by atoms with Crippen molar-refractivity contribution in [3.8, 4) is 0 Å². The predicted molar refractivity (Wildman–Crippen MR) is 143 cm³/mol. The molecule has 2 aromatic heterocycles. The van der Waals surface area contributed by atoms with Crippen LogP contribution in [-0.4, -0.2) is 26.5 Å². The van der Waals surface area contributed by atoms with Crippen LogP contribution >= 0.6 is 11.8 Å². The molecule has 2 heterocycles. The second-order valence-corrected chi connectivity index (χ2v) is 10.3. The molecule has 0 spiro atoms. The van der Waals surface area contributed by atoms with Gasteiger partial charge in [0, 0.05) is 23.6 Å². The molecule has 2 aromatic carbocycles. The summed E-state index contributed by atoms with van der Waals surface area (Å²) in [5.41, 5.74) is 6.24. The Balaban J connectivity index is 1.31. The summed E-state index contributed by atoms with van der Waals surface area (Å²) in [6, 6.07) is 20.7. The van der Waals surface area contributed by atoms with Gasteiger partial charge in [0.05, 0.1) is 6.54 Å². The highest BCUT2D eigenvalue weighted by molar-refractivity contribution is 7.98. The first-order chi connectivity index (χ1) is 17.2. The molecule has 4 aromatic rings. The maximum atomic E-state index is 12.8. The van der Waals surface area contributed by atoms with Crippen LogP contribution in [0.4, 0.5) is 0 Å². The predicted octanol–water partition coefficient (Wildman–Crippen LogP) is 6.53. The topological polar surface area (TPSA) is 59.8 Å². The fraction of sp³-hybridized carbons (Fsp3) is 0.345. The quantitative estimate of drug-likeness (QED) is 0.239. The van der Waals surface area contributed by atoms with Gasteiger partial charge in [0.2, 0.25) is 0 Å². The zero-order chi connectivity index (χ0) is 24.0. The number of hydrogen-bond donors (Lipinski definition) is 1.